The monoisotopic (exact) mass is 484 g/mol. The minimum atomic E-state index is -0.225. The van der Waals surface area contributed by atoms with Gasteiger partial charge in [-0.05, 0) is 74.4 Å². The molecule has 9 heteroatoms. The van der Waals surface area contributed by atoms with Crippen molar-refractivity contribution in [2.45, 2.75) is 58.0 Å². The number of nitrogens with zero attached hydrogens (tertiary/aromatic N) is 6. The van der Waals surface area contributed by atoms with Crippen LogP contribution in [0.4, 0.5) is 11.5 Å². The van der Waals surface area contributed by atoms with Crippen LogP contribution in [0.3, 0.4) is 0 Å². The van der Waals surface area contributed by atoms with Crippen LogP contribution in [-0.2, 0) is 19.0 Å². The summed E-state index contributed by atoms with van der Waals surface area (Å²) in [5.41, 5.74) is 5.68. The highest BCUT2D eigenvalue weighted by Gasteiger charge is 2.24. The maximum Gasteiger partial charge on any atom is 0.273 e. The van der Waals surface area contributed by atoms with Gasteiger partial charge in [-0.2, -0.15) is 5.10 Å². The summed E-state index contributed by atoms with van der Waals surface area (Å²) in [5.74, 6) is 0.580. The number of fused-ring (bicyclic) bond motifs is 1. The predicted octanol–water partition coefficient (Wildman–Crippen LogP) is 4.77. The fraction of sp³-hybridized carbons (Fsp3) is 0.370. The lowest BCUT2D eigenvalue weighted by Gasteiger charge is -2.20. The van der Waals surface area contributed by atoms with Crippen LogP contribution in [0.5, 0.6) is 0 Å². The van der Waals surface area contributed by atoms with Crippen molar-refractivity contribution in [3.63, 3.8) is 0 Å². The molecule has 0 unspecified atom stereocenters. The van der Waals surface area contributed by atoms with Crippen LogP contribution in [0.25, 0.3) is 11.1 Å². The molecule has 0 spiro atoms. The maximum absolute atomic E-state index is 13.0. The van der Waals surface area contributed by atoms with Crippen LogP contribution in [-0.4, -0.2) is 35.7 Å². The fourth-order valence-corrected chi connectivity index (χ4v) is 4.55. The van der Waals surface area contributed by atoms with Gasteiger partial charge in [-0.15, -0.1) is 5.10 Å². The van der Waals surface area contributed by atoms with Crippen LogP contribution < -0.4 is 10.6 Å². The van der Waals surface area contributed by atoms with Crippen LogP contribution in [0.2, 0.25) is 0 Å². The number of hydrogen-bond acceptors (Lipinski definition) is 6. The normalized spacial score (nSPS) is 15.7. The Morgan fingerprint density at radius 3 is 2.67 bits per heavy atom. The average molecular weight is 485 g/mol. The predicted molar refractivity (Wildman–Crippen MR) is 139 cm³/mol. The molecule has 1 amide bonds. The van der Waals surface area contributed by atoms with Crippen molar-refractivity contribution >= 4 is 17.4 Å². The molecule has 9 nitrogen and oxygen atoms in total. The molecular formula is C27H32N8O. The zero-order valence-corrected chi connectivity index (χ0v) is 21.2. The van der Waals surface area contributed by atoms with Crippen LogP contribution in [0, 0.1) is 0 Å². The zero-order valence-electron chi connectivity index (χ0n) is 21.2. The van der Waals surface area contributed by atoms with Gasteiger partial charge in [0.05, 0.1) is 29.7 Å². The largest absolute Gasteiger partial charge is 0.344 e. The van der Waals surface area contributed by atoms with Crippen LogP contribution >= 0.6 is 0 Å². The Balaban J connectivity index is 1.36. The summed E-state index contributed by atoms with van der Waals surface area (Å²) in [6, 6.07) is 10.5. The Morgan fingerprint density at radius 2 is 1.92 bits per heavy atom. The smallest absolute Gasteiger partial charge is 0.273 e. The zero-order chi connectivity index (χ0) is 25.3. The lowest BCUT2D eigenvalue weighted by atomic mass is 9.94. The molecule has 1 aromatic carbocycles. The second-order valence-corrected chi connectivity index (χ2v) is 10.4. The van der Waals surface area contributed by atoms with Gasteiger partial charge in [-0.1, -0.05) is 29.8 Å². The van der Waals surface area contributed by atoms with E-state index in [1.165, 1.54) is 11.1 Å². The molecule has 0 saturated carbocycles. The van der Waals surface area contributed by atoms with Gasteiger partial charge in [0.2, 0.25) is 0 Å². The van der Waals surface area contributed by atoms with E-state index in [0.29, 0.717) is 5.69 Å². The number of hydrogen-bond donors (Lipinski definition) is 2. The summed E-state index contributed by atoms with van der Waals surface area (Å²) < 4.78 is 3.47. The number of pyridine rings is 1. The SMILES string of the molecule is Cn1cc(Nc2cc(-c3ccc4c(c3)CCCC[C@H]4NC(=O)c3cn(C(C)(C)C)nn3)ccn2)cn1. The molecule has 186 valence electrons. The van der Waals surface area contributed by atoms with Crippen molar-refractivity contribution in [1.82, 2.24) is 35.1 Å². The third kappa shape index (κ3) is 5.15. The molecule has 0 fully saturated rings. The number of amides is 1. The molecule has 1 aliphatic carbocycles. The number of aryl methyl sites for hydroxylation is 2. The molecule has 0 saturated heterocycles. The summed E-state index contributed by atoms with van der Waals surface area (Å²) in [6.07, 6.45) is 11.3. The molecular weight excluding hydrogens is 452 g/mol. The van der Waals surface area contributed by atoms with Gasteiger partial charge in [0.25, 0.3) is 5.91 Å². The number of benzene rings is 1. The highest BCUT2D eigenvalue weighted by molar-refractivity contribution is 5.92. The second-order valence-electron chi connectivity index (χ2n) is 10.4. The van der Waals surface area contributed by atoms with E-state index in [1.807, 2.05) is 52.3 Å². The number of aromatic nitrogens is 6. The molecule has 1 aliphatic rings. The van der Waals surface area contributed by atoms with E-state index in [-0.39, 0.29) is 17.5 Å². The van der Waals surface area contributed by atoms with E-state index < -0.39 is 0 Å². The lowest BCUT2D eigenvalue weighted by molar-refractivity contribution is 0.0929. The van der Waals surface area contributed by atoms with Crippen molar-refractivity contribution in [2.75, 3.05) is 5.32 Å². The van der Waals surface area contributed by atoms with E-state index in [2.05, 4.69) is 49.2 Å². The van der Waals surface area contributed by atoms with Gasteiger partial charge >= 0.3 is 0 Å². The second kappa shape index (κ2) is 9.56. The number of carbonyl (C=O) groups excluding carboxylic acids is 1. The van der Waals surface area contributed by atoms with Gasteiger partial charge < -0.3 is 10.6 Å². The molecule has 0 aliphatic heterocycles. The van der Waals surface area contributed by atoms with E-state index in [4.69, 9.17) is 0 Å². The molecule has 0 bridgehead atoms. The Labute approximate surface area is 210 Å². The fourth-order valence-electron chi connectivity index (χ4n) is 4.55. The third-order valence-corrected chi connectivity index (χ3v) is 6.50. The van der Waals surface area contributed by atoms with E-state index in [0.717, 1.165) is 48.3 Å². The first-order valence-corrected chi connectivity index (χ1v) is 12.3. The van der Waals surface area contributed by atoms with Crippen molar-refractivity contribution < 1.29 is 4.79 Å². The van der Waals surface area contributed by atoms with Crippen molar-refractivity contribution in [2.24, 2.45) is 7.05 Å². The van der Waals surface area contributed by atoms with E-state index in [9.17, 15) is 4.79 Å². The molecule has 1 atom stereocenters. The highest BCUT2D eigenvalue weighted by Crippen LogP contribution is 2.33. The first-order chi connectivity index (χ1) is 17.3. The van der Waals surface area contributed by atoms with Gasteiger partial charge in [0, 0.05) is 19.4 Å². The van der Waals surface area contributed by atoms with E-state index >= 15 is 0 Å². The Kier molecular flexibility index (Phi) is 6.30. The summed E-state index contributed by atoms with van der Waals surface area (Å²) >= 11 is 0. The van der Waals surface area contributed by atoms with E-state index in [1.54, 1.807) is 21.8 Å². The van der Waals surface area contributed by atoms with Crippen LogP contribution in [0.15, 0.2) is 55.1 Å². The summed E-state index contributed by atoms with van der Waals surface area (Å²) in [4.78, 5) is 17.5. The van der Waals surface area contributed by atoms with Crippen molar-refractivity contribution in [3.05, 3.63) is 71.9 Å². The molecule has 3 aromatic heterocycles. The standard InChI is InChI=1S/C27H32N8O/c1-27(2,3)35-17-24(32-33-35)26(36)31-23-8-6-5-7-20-13-18(9-10-22(20)23)19-11-12-28-25(14-19)30-21-15-29-34(4)16-21/h9-17,23H,5-8H2,1-4H3,(H,28,30)(H,31,36)/t23-/m1/s1. The maximum atomic E-state index is 13.0. The summed E-state index contributed by atoms with van der Waals surface area (Å²) in [6.45, 7) is 6.09. The van der Waals surface area contributed by atoms with Crippen molar-refractivity contribution in [1.29, 1.82) is 0 Å². The lowest BCUT2D eigenvalue weighted by Crippen LogP contribution is -2.29. The Morgan fingerprint density at radius 1 is 1.08 bits per heavy atom. The molecule has 2 N–H and O–H groups in total. The topological polar surface area (TPSA) is 103 Å². The van der Waals surface area contributed by atoms with Gasteiger partial charge in [-0.25, -0.2) is 9.67 Å². The number of carbonyl (C=O) groups is 1. The molecule has 36 heavy (non-hydrogen) atoms. The average Bonchev–Trinajstić information content (AvgIpc) is 3.46. The molecule has 5 rings (SSSR count). The quantitative estimate of drug-likeness (QED) is 0.396. The highest BCUT2D eigenvalue weighted by atomic mass is 16.2. The van der Waals surface area contributed by atoms with Crippen LogP contribution in [0.1, 0.15) is 67.7 Å². The molecule has 0 radical (unpaired) electrons. The summed E-state index contributed by atoms with van der Waals surface area (Å²) in [5, 5.41) is 19.0. The number of nitrogens with one attached hydrogen (secondary N) is 2. The number of anilines is 2. The minimum Gasteiger partial charge on any atom is -0.344 e. The molecule has 3 heterocycles. The van der Waals surface area contributed by atoms with Gasteiger partial charge in [0.1, 0.15) is 5.82 Å². The Bertz CT molecular complexity index is 1380. The van der Waals surface area contributed by atoms with Gasteiger partial charge in [0.15, 0.2) is 5.69 Å². The third-order valence-electron chi connectivity index (χ3n) is 6.50. The summed E-state index contributed by atoms with van der Waals surface area (Å²) in [7, 11) is 1.88. The Hall–Kier alpha value is -4.01. The molecule has 4 aromatic rings. The first kappa shape index (κ1) is 23.7. The first-order valence-electron chi connectivity index (χ1n) is 12.3. The number of rotatable bonds is 5. The van der Waals surface area contributed by atoms with Gasteiger partial charge in [-0.3, -0.25) is 9.48 Å². The minimum absolute atomic E-state index is 0.0518. The van der Waals surface area contributed by atoms with Crippen molar-refractivity contribution in [3.8, 4) is 11.1 Å².